The molecule has 8 heteroatoms. The van der Waals surface area contributed by atoms with Crippen LogP contribution in [0.25, 0.3) is 0 Å². The Hall–Kier alpha value is -1.05. The third-order valence-electron chi connectivity index (χ3n) is 3.49. The highest BCUT2D eigenvalue weighted by Gasteiger charge is 2.27. The average Bonchev–Trinajstić information content (AvgIpc) is 2.39. The first kappa shape index (κ1) is 16.3. The van der Waals surface area contributed by atoms with Gasteiger partial charge in [-0.15, -0.1) is 0 Å². The van der Waals surface area contributed by atoms with Gasteiger partial charge >= 0.3 is 0 Å². The molecule has 116 valence electrons. The molecule has 2 rings (SSSR count). The summed E-state index contributed by atoms with van der Waals surface area (Å²) in [5.74, 6) is -0.0366. The van der Waals surface area contributed by atoms with Crippen molar-refractivity contribution in [1.82, 2.24) is 4.72 Å². The molecule has 5 nitrogen and oxygen atoms in total. The largest absolute Gasteiger partial charge is 0.287 e. The molecule has 0 saturated heterocycles. The summed E-state index contributed by atoms with van der Waals surface area (Å²) in [6, 6.07) is 2.79. The normalized spacial score (nSPS) is 21.0. The Balaban J connectivity index is 2.84. The first-order valence-electron chi connectivity index (χ1n) is 6.45. The highest BCUT2D eigenvalue weighted by molar-refractivity contribution is 8.13. The first-order chi connectivity index (χ1) is 9.66. The van der Waals surface area contributed by atoms with E-state index in [0.29, 0.717) is 24.0 Å². The summed E-state index contributed by atoms with van der Waals surface area (Å²) in [4.78, 5) is -0.177. The van der Waals surface area contributed by atoms with Crippen molar-refractivity contribution >= 4 is 29.8 Å². The van der Waals surface area contributed by atoms with Crippen molar-refractivity contribution in [2.75, 3.05) is 0 Å². The number of fused-ring (bicyclic) bond motifs is 1. The number of sulfonamides is 1. The van der Waals surface area contributed by atoms with Gasteiger partial charge in [-0.05, 0) is 36.0 Å². The second-order valence-corrected chi connectivity index (χ2v) is 9.17. The summed E-state index contributed by atoms with van der Waals surface area (Å²) >= 11 is 0. The van der Waals surface area contributed by atoms with E-state index in [4.69, 9.17) is 10.7 Å². The lowest BCUT2D eigenvalue weighted by atomic mass is 9.95. The van der Waals surface area contributed by atoms with E-state index in [1.54, 1.807) is 19.1 Å². The molecule has 1 unspecified atom stereocenters. The van der Waals surface area contributed by atoms with Gasteiger partial charge in [-0.25, -0.2) is 16.8 Å². The molecule has 1 aliphatic rings. The van der Waals surface area contributed by atoms with Crippen LogP contribution in [0.4, 0.5) is 0 Å². The SMILES string of the molecule is CCc1cc2c(cc1S(=O)(=O)Cl)S(=O)(=O)NC=CCC2C. The molecule has 0 fully saturated rings. The van der Waals surface area contributed by atoms with Crippen LogP contribution >= 0.6 is 10.7 Å². The maximum Gasteiger partial charge on any atom is 0.261 e. The molecule has 0 bridgehead atoms. The molecule has 0 amide bonds. The Morgan fingerprint density at radius 1 is 1.38 bits per heavy atom. The maximum atomic E-state index is 12.3. The Morgan fingerprint density at radius 3 is 2.62 bits per heavy atom. The summed E-state index contributed by atoms with van der Waals surface area (Å²) in [6.45, 7) is 3.70. The van der Waals surface area contributed by atoms with Gasteiger partial charge in [0.15, 0.2) is 0 Å². The Morgan fingerprint density at radius 2 is 2.05 bits per heavy atom. The number of allylic oxidation sites excluding steroid dienone is 1. The molecule has 0 aromatic heterocycles. The summed E-state index contributed by atoms with van der Waals surface area (Å²) in [5, 5.41) is 0. The van der Waals surface area contributed by atoms with Gasteiger partial charge in [0.25, 0.3) is 19.1 Å². The van der Waals surface area contributed by atoms with Crippen LogP contribution in [-0.2, 0) is 25.5 Å². The molecule has 0 aliphatic carbocycles. The monoisotopic (exact) mass is 349 g/mol. The third-order valence-corrected chi connectivity index (χ3v) is 6.27. The highest BCUT2D eigenvalue weighted by atomic mass is 35.7. The van der Waals surface area contributed by atoms with Crippen LogP contribution in [0.15, 0.2) is 34.2 Å². The second kappa shape index (κ2) is 5.62. The molecule has 0 spiro atoms. The zero-order valence-electron chi connectivity index (χ0n) is 11.6. The standard InChI is InChI=1S/C13H16ClNO4S2/c1-3-10-7-11-9(2)5-4-6-15-21(18,19)13(11)8-12(10)20(14,16)17/h4,6-9,15H,3,5H2,1-2H3. The molecule has 1 heterocycles. The lowest BCUT2D eigenvalue weighted by Gasteiger charge is -2.20. The molecule has 1 N–H and O–H groups in total. The molecule has 1 aliphatic heterocycles. The predicted molar refractivity (Wildman–Crippen MR) is 81.4 cm³/mol. The minimum absolute atomic E-state index is 0.0317. The van der Waals surface area contributed by atoms with Gasteiger partial charge in [0.1, 0.15) is 0 Å². The van der Waals surface area contributed by atoms with Crippen molar-refractivity contribution in [3.05, 3.63) is 35.5 Å². The summed E-state index contributed by atoms with van der Waals surface area (Å²) < 4.78 is 50.2. The van der Waals surface area contributed by atoms with Crippen molar-refractivity contribution in [3.8, 4) is 0 Å². The van der Waals surface area contributed by atoms with E-state index in [1.165, 1.54) is 6.20 Å². The van der Waals surface area contributed by atoms with Crippen LogP contribution in [0.5, 0.6) is 0 Å². The number of hydrogen-bond acceptors (Lipinski definition) is 4. The van der Waals surface area contributed by atoms with Crippen LogP contribution < -0.4 is 4.72 Å². The van der Waals surface area contributed by atoms with Crippen LogP contribution in [0.3, 0.4) is 0 Å². The number of nitrogens with one attached hydrogen (secondary N) is 1. The second-order valence-electron chi connectivity index (χ2n) is 4.95. The molecular weight excluding hydrogens is 334 g/mol. The van der Waals surface area contributed by atoms with E-state index in [1.807, 2.05) is 6.92 Å². The van der Waals surface area contributed by atoms with E-state index in [0.717, 1.165) is 6.07 Å². The van der Waals surface area contributed by atoms with Gasteiger partial charge in [0, 0.05) is 16.9 Å². The zero-order valence-corrected chi connectivity index (χ0v) is 14.0. The smallest absolute Gasteiger partial charge is 0.261 e. The van der Waals surface area contributed by atoms with Crippen molar-refractivity contribution in [3.63, 3.8) is 0 Å². The van der Waals surface area contributed by atoms with Crippen molar-refractivity contribution < 1.29 is 16.8 Å². The van der Waals surface area contributed by atoms with E-state index in [-0.39, 0.29) is 15.7 Å². The Kier molecular flexibility index (Phi) is 4.37. The zero-order chi connectivity index (χ0) is 15.8. The van der Waals surface area contributed by atoms with Gasteiger partial charge in [-0.1, -0.05) is 26.0 Å². The average molecular weight is 350 g/mol. The van der Waals surface area contributed by atoms with Gasteiger partial charge in [0.05, 0.1) is 9.79 Å². The fourth-order valence-corrected chi connectivity index (χ4v) is 4.87. The van der Waals surface area contributed by atoms with Crippen LogP contribution in [0.1, 0.15) is 37.3 Å². The van der Waals surface area contributed by atoms with Crippen LogP contribution in [-0.4, -0.2) is 16.8 Å². The minimum Gasteiger partial charge on any atom is -0.287 e. The summed E-state index contributed by atoms with van der Waals surface area (Å²) in [7, 11) is -2.38. The van der Waals surface area contributed by atoms with Crippen molar-refractivity contribution in [2.24, 2.45) is 0 Å². The van der Waals surface area contributed by atoms with Crippen LogP contribution in [0.2, 0.25) is 0 Å². The van der Waals surface area contributed by atoms with Gasteiger partial charge in [-0.2, -0.15) is 0 Å². The number of aryl methyl sites for hydroxylation is 1. The quantitative estimate of drug-likeness (QED) is 0.832. The number of benzene rings is 1. The molecular formula is C13H16ClNO4S2. The van der Waals surface area contributed by atoms with Crippen LogP contribution in [0, 0.1) is 0 Å². The first-order valence-corrected chi connectivity index (χ1v) is 10.2. The topological polar surface area (TPSA) is 80.3 Å². The minimum atomic E-state index is -4.01. The van der Waals surface area contributed by atoms with E-state index < -0.39 is 19.1 Å². The molecule has 0 radical (unpaired) electrons. The lowest BCUT2D eigenvalue weighted by molar-refractivity contribution is 0.584. The maximum absolute atomic E-state index is 12.3. The molecule has 1 aromatic carbocycles. The molecule has 1 aromatic rings. The van der Waals surface area contributed by atoms with Gasteiger partial charge < -0.3 is 0 Å². The highest BCUT2D eigenvalue weighted by Crippen LogP contribution is 2.33. The van der Waals surface area contributed by atoms with E-state index >= 15 is 0 Å². The number of hydrogen-bond donors (Lipinski definition) is 1. The fraction of sp³-hybridized carbons (Fsp3) is 0.385. The summed E-state index contributed by atoms with van der Waals surface area (Å²) in [6.07, 6.45) is 4.20. The molecule has 0 saturated carbocycles. The number of rotatable bonds is 2. The lowest BCUT2D eigenvalue weighted by Crippen LogP contribution is -2.22. The van der Waals surface area contributed by atoms with Gasteiger partial charge in [-0.3, -0.25) is 4.72 Å². The Bertz CT molecular complexity index is 798. The fourth-order valence-electron chi connectivity index (χ4n) is 2.35. The van der Waals surface area contributed by atoms with E-state index in [2.05, 4.69) is 4.72 Å². The van der Waals surface area contributed by atoms with Crippen molar-refractivity contribution in [1.29, 1.82) is 0 Å². The Labute approximate surface area is 129 Å². The van der Waals surface area contributed by atoms with E-state index in [9.17, 15) is 16.8 Å². The van der Waals surface area contributed by atoms with Crippen molar-refractivity contribution in [2.45, 2.75) is 42.4 Å². The molecule has 1 atom stereocenters. The predicted octanol–water partition coefficient (Wildman–Crippen LogP) is 2.48. The number of halogens is 1. The molecule has 21 heavy (non-hydrogen) atoms. The van der Waals surface area contributed by atoms with Gasteiger partial charge in [0.2, 0.25) is 0 Å². The third kappa shape index (κ3) is 3.25. The summed E-state index contributed by atoms with van der Waals surface area (Å²) in [5.41, 5.74) is 1.13.